The zero-order valence-electron chi connectivity index (χ0n) is 14.4. The van der Waals surface area contributed by atoms with Crippen molar-refractivity contribution in [2.45, 2.75) is 50.4 Å². The Kier molecular flexibility index (Phi) is 7.04. The van der Waals surface area contributed by atoms with Gasteiger partial charge in [0.15, 0.2) is 6.61 Å². The van der Waals surface area contributed by atoms with Crippen LogP contribution in [-0.2, 0) is 19.4 Å². The van der Waals surface area contributed by atoms with Gasteiger partial charge < -0.3 is 9.64 Å². The Morgan fingerprint density at radius 3 is 1.92 bits per heavy atom. The van der Waals surface area contributed by atoms with Crippen molar-refractivity contribution in [3.8, 4) is 0 Å². The van der Waals surface area contributed by atoms with Gasteiger partial charge in [0.2, 0.25) is 9.84 Å². The van der Waals surface area contributed by atoms with E-state index < -0.39 is 33.1 Å². The third-order valence-corrected chi connectivity index (χ3v) is 4.78. The van der Waals surface area contributed by atoms with Crippen molar-refractivity contribution in [3.63, 3.8) is 0 Å². The summed E-state index contributed by atoms with van der Waals surface area (Å²) in [4.78, 5) is 25.0. The van der Waals surface area contributed by atoms with E-state index in [1.807, 2.05) is 27.7 Å². The molecule has 0 atom stereocenters. The van der Waals surface area contributed by atoms with E-state index in [0.717, 1.165) is 24.3 Å². The number of alkyl halides is 2. The molecule has 140 valence electrons. The van der Waals surface area contributed by atoms with Crippen LogP contribution in [-0.4, -0.2) is 49.6 Å². The number of sulfone groups is 1. The number of benzene rings is 1. The first kappa shape index (κ1) is 21.0. The lowest BCUT2D eigenvalue weighted by Gasteiger charge is -2.30. The third-order valence-electron chi connectivity index (χ3n) is 3.38. The molecule has 0 saturated heterocycles. The number of hydrogen-bond acceptors (Lipinski definition) is 5. The maximum Gasteiger partial charge on any atom is 0.341 e. The smallest absolute Gasteiger partial charge is 0.341 e. The molecule has 1 rings (SSSR count). The molecule has 25 heavy (non-hydrogen) atoms. The minimum Gasteiger partial charge on any atom is -0.452 e. The van der Waals surface area contributed by atoms with Crippen molar-refractivity contribution < 1.29 is 31.5 Å². The van der Waals surface area contributed by atoms with Crippen LogP contribution in [0.2, 0.25) is 0 Å². The number of halogens is 2. The lowest BCUT2D eigenvalue weighted by molar-refractivity contribution is -0.138. The van der Waals surface area contributed by atoms with E-state index in [-0.39, 0.29) is 23.6 Å². The van der Waals surface area contributed by atoms with E-state index in [1.165, 1.54) is 0 Å². The molecular weight excluding hydrogens is 356 g/mol. The van der Waals surface area contributed by atoms with Crippen molar-refractivity contribution in [1.29, 1.82) is 0 Å². The van der Waals surface area contributed by atoms with Crippen LogP contribution in [0, 0.1) is 0 Å². The van der Waals surface area contributed by atoms with Crippen molar-refractivity contribution in [3.05, 3.63) is 29.8 Å². The molecular formula is C16H21F2NO5S. The van der Waals surface area contributed by atoms with Gasteiger partial charge in [-0.25, -0.2) is 13.2 Å². The highest BCUT2D eigenvalue weighted by molar-refractivity contribution is 7.91. The second-order valence-corrected chi connectivity index (χ2v) is 7.81. The number of rotatable bonds is 7. The van der Waals surface area contributed by atoms with Crippen LogP contribution in [0.15, 0.2) is 29.2 Å². The van der Waals surface area contributed by atoms with Crippen LogP contribution in [0.25, 0.3) is 0 Å². The minimum atomic E-state index is -4.72. The highest BCUT2D eigenvalue weighted by Crippen LogP contribution is 2.19. The van der Waals surface area contributed by atoms with Gasteiger partial charge in [-0.15, -0.1) is 0 Å². The molecule has 1 aromatic carbocycles. The van der Waals surface area contributed by atoms with Crippen LogP contribution in [0.5, 0.6) is 0 Å². The first-order chi connectivity index (χ1) is 11.5. The largest absolute Gasteiger partial charge is 0.452 e. The number of carbonyl (C=O) groups is 2. The number of carbonyl (C=O) groups excluding carboxylic acids is 2. The molecule has 0 spiro atoms. The number of ether oxygens (including phenoxy) is 1. The van der Waals surface area contributed by atoms with E-state index in [4.69, 9.17) is 4.74 Å². The SMILES string of the molecule is CC(C)N(C(=O)COC(=O)c1ccc(S(=O)(=O)C(F)F)cc1)C(C)C. The predicted molar refractivity (Wildman–Crippen MR) is 87.0 cm³/mol. The minimum absolute atomic E-state index is 0.0401. The Labute approximate surface area is 145 Å². The molecule has 1 aromatic rings. The first-order valence-electron chi connectivity index (χ1n) is 7.58. The maximum absolute atomic E-state index is 12.5. The quantitative estimate of drug-likeness (QED) is 0.682. The van der Waals surface area contributed by atoms with E-state index in [2.05, 4.69) is 0 Å². The number of hydrogen-bond donors (Lipinski definition) is 0. The van der Waals surface area contributed by atoms with Crippen LogP contribution in [0.1, 0.15) is 38.1 Å². The molecule has 9 heteroatoms. The Hall–Kier alpha value is -2.03. The second kappa shape index (κ2) is 8.37. The summed E-state index contributed by atoms with van der Waals surface area (Å²) in [6.07, 6.45) is 0. The fraction of sp³-hybridized carbons (Fsp3) is 0.500. The average Bonchev–Trinajstić information content (AvgIpc) is 2.51. The number of amides is 1. The molecule has 1 amide bonds. The normalized spacial score (nSPS) is 11.9. The van der Waals surface area contributed by atoms with Gasteiger partial charge in [-0.1, -0.05) is 0 Å². The van der Waals surface area contributed by atoms with Gasteiger partial charge in [-0.3, -0.25) is 4.79 Å². The van der Waals surface area contributed by atoms with Crippen molar-refractivity contribution in [1.82, 2.24) is 4.90 Å². The summed E-state index contributed by atoms with van der Waals surface area (Å²) in [6.45, 7) is 6.87. The second-order valence-electron chi connectivity index (χ2n) is 5.89. The first-order valence-corrected chi connectivity index (χ1v) is 9.13. The Morgan fingerprint density at radius 1 is 1.04 bits per heavy atom. The molecule has 0 N–H and O–H groups in total. The standard InChI is InChI=1S/C16H21F2NO5S/c1-10(2)19(11(3)4)14(20)9-24-15(21)12-5-7-13(8-6-12)25(22,23)16(17)18/h5-8,10-11,16H,9H2,1-4H3. The zero-order valence-corrected chi connectivity index (χ0v) is 15.2. The molecule has 0 radical (unpaired) electrons. The summed E-state index contributed by atoms with van der Waals surface area (Å²) in [5.41, 5.74) is -0.0401. The van der Waals surface area contributed by atoms with E-state index in [9.17, 15) is 26.8 Å². The highest BCUT2D eigenvalue weighted by atomic mass is 32.2. The van der Waals surface area contributed by atoms with E-state index in [1.54, 1.807) is 4.90 Å². The van der Waals surface area contributed by atoms with Crippen LogP contribution in [0.3, 0.4) is 0 Å². The molecule has 0 fully saturated rings. The Bertz CT molecular complexity index is 707. The summed E-state index contributed by atoms with van der Waals surface area (Å²) in [7, 11) is -4.72. The van der Waals surface area contributed by atoms with Crippen LogP contribution in [0.4, 0.5) is 8.78 Å². The summed E-state index contributed by atoms with van der Waals surface area (Å²) in [5.74, 6) is -4.75. The summed E-state index contributed by atoms with van der Waals surface area (Å²) in [6, 6.07) is 3.79. The molecule has 0 aliphatic heterocycles. The maximum atomic E-state index is 12.5. The van der Waals surface area contributed by atoms with Crippen LogP contribution < -0.4 is 0 Å². The van der Waals surface area contributed by atoms with E-state index >= 15 is 0 Å². The number of nitrogens with zero attached hydrogens (tertiary/aromatic N) is 1. The lowest BCUT2D eigenvalue weighted by Crippen LogP contribution is -2.44. The summed E-state index contributed by atoms with van der Waals surface area (Å²) in [5, 5.41) is 0. The van der Waals surface area contributed by atoms with Gasteiger partial charge in [-0.2, -0.15) is 8.78 Å². The molecule has 0 aliphatic carbocycles. The van der Waals surface area contributed by atoms with Crippen LogP contribution >= 0.6 is 0 Å². The molecule has 0 saturated carbocycles. The van der Waals surface area contributed by atoms with Gasteiger partial charge in [-0.05, 0) is 52.0 Å². The molecule has 0 bridgehead atoms. The molecule has 6 nitrogen and oxygen atoms in total. The van der Waals surface area contributed by atoms with Gasteiger partial charge in [0.05, 0.1) is 10.5 Å². The topological polar surface area (TPSA) is 80.8 Å². The van der Waals surface area contributed by atoms with Gasteiger partial charge in [0, 0.05) is 12.1 Å². The Balaban J connectivity index is 2.78. The zero-order chi connectivity index (χ0) is 19.4. The Morgan fingerprint density at radius 2 is 1.52 bits per heavy atom. The molecule has 0 aliphatic rings. The summed E-state index contributed by atoms with van der Waals surface area (Å²) >= 11 is 0. The van der Waals surface area contributed by atoms with Crippen molar-refractivity contribution in [2.24, 2.45) is 0 Å². The fourth-order valence-electron chi connectivity index (χ4n) is 2.34. The van der Waals surface area contributed by atoms with E-state index in [0.29, 0.717) is 0 Å². The van der Waals surface area contributed by atoms with Crippen molar-refractivity contribution >= 4 is 21.7 Å². The monoisotopic (exact) mass is 377 g/mol. The summed E-state index contributed by atoms with van der Waals surface area (Å²) < 4.78 is 52.4. The molecule has 0 aromatic heterocycles. The molecule has 0 unspecified atom stereocenters. The average molecular weight is 377 g/mol. The highest BCUT2D eigenvalue weighted by Gasteiger charge is 2.27. The third kappa shape index (κ3) is 5.22. The van der Waals surface area contributed by atoms with Crippen molar-refractivity contribution in [2.75, 3.05) is 6.61 Å². The fourth-order valence-corrected chi connectivity index (χ4v) is 3.06. The number of esters is 1. The lowest BCUT2D eigenvalue weighted by atomic mass is 10.2. The predicted octanol–water partition coefficient (Wildman–Crippen LogP) is 2.49. The van der Waals surface area contributed by atoms with Gasteiger partial charge >= 0.3 is 11.7 Å². The van der Waals surface area contributed by atoms with Gasteiger partial charge in [0.1, 0.15) is 0 Å². The molecule has 0 heterocycles. The van der Waals surface area contributed by atoms with Gasteiger partial charge in [0.25, 0.3) is 5.91 Å².